The second kappa shape index (κ2) is 4.99. The number of amides is 1. The largest absolute Gasteiger partial charge is 0.323 e. The van der Waals surface area contributed by atoms with E-state index in [0.29, 0.717) is 5.69 Å². The molecule has 0 aliphatic rings. The van der Waals surface area contributed by atoms with Gasteiger partial charge < -0.3 is 5.43 Å². The van der Waals surface area contributed by atoms with Crippen LogP contribution in [0.25, 0.3) is 0 Å². The van der Waals surface area contributed by atoms with Gasteiger partial charge in [0.15, 0.2) is 0 Å². The molecule has 0 spiro atoms. The zero-order valence-electron chi connectivity index (χ0n) is 8.79. The lowest BCUT2D eigenvalue weighted by molar-refractivity contribution is 0.102. The minimum atomic E-state index is -0.375. The average molecular weight is 230 g/mol. The number of pyridine rings is 1. The number of hydrogen-bond donors (Lipinski definition) is 3. The number of nitrogens with two attached hydrogens (primary N) is 1. The van der Waals surface area contributed by atoms with Crippen LogP contribution in [0.3, 0.4) is 0 Å². The molecule has 0 saturated heterocycles. The van der Waals surface area contributed by atoms with Crippen molar-refractivity contribution in [3.8, 4) is 0 Å². The molecule has 0 unspecified atom stereocenters. The van der Waals surface area contributed by atoms with E-state index in [9.17, 15) is 4.79 Å². The zero-order valence-corrected chi connectivity index (χ0v) is 8.79. The van der Waals surface area contributed by atoms with E-state index in [-0.39, 0.29) is 17.5 Å². The Balaban J connectivity index is 2.09. The molecule has 0 bridgehead atoms. The van der Waals surface area contributed by atoms with E-state index in [1.54, 1.807) is 18.2 Å². The molecule has 86 valence electrons. The second-order valence-corrected chi connectivity index (χ2v) is 3.10. The summed E-state index contributed by atoms with van der Waals surface area (Å²) in [6, 6.07) is 4.86. The van der Waals surface area contributed by atoms with E-state index in [2.05, 4.69) is 25.7 Å². The van der Waals surface area contributed by atoms with E-state index >= 15 is 0 Å². The maximum Gasteiger partial charge on any atom is 0.276 e. The molecule has 4 N–H and O–H groups in total. The topological polar surface area (TPSA) is 106 Å². The van der Waals surface area contributed by atoms with Gasteiger partial charge in [0, 0.05) is 12.4 Å². The standard InChI is InChI=1S/C10H10N6O/c11-16-7-2-3-8(14-6-7)9(17)15-10-12-4-1-5-13-10/h1-6,16H,11H2,(H,12,13,15,17). The highest BCUT2D eigenvalue weighted by Crippen LogP contribution is 2.05. The van der Waals surface area contributed by atoms with Gasteiger partial charge in [0.1, 0.15) is 5.69 Å². The van der Waals surface area contributed by atoms with Gasteiger partial charge in [0.2, 0.25) is 5.95 Å². The number of anilines is 2. The first-order valence-corrected chi connectivity index (χ1v) is 4.80. The van der Waals surface area contributed by atoms with Crippen molar-refractivity contribution in [2.45, 2.75) is 0 Å². The molecule has 2 rings (SSSR count). The summed E-state index contributed by atoms with van der Waals surface area (Å²) in [5, 5.41) is 2.52. The molecule has 0 fully saturated rings. The van der Waals surface area contributed by atoms with Crippen LogP contribution in [0.1, 0.15) is 10.5 Å². The van der Waals surface area contributed by atoms with Gasteiger partial charge in [-0.1, -0.05) is 0 Å². The van der Waals surface area contributed by atoms with Crippen LogP contribution in [0.5, 0.6) is 0 Å². The molecule has 0 radical (unpaired) electrons. The molecule has 1 amide bonds. The Hall–Kier alpha value is -2.54. The van der Waals surface area contributed by atoms with Crippen molar-refractivity contribution in [1.29, 1.82) is 0 Å². The fourth-order valence-corrected chi connectivity index (χ4v) is 1.14. The molecule has 2 aromatic heterocycles. The Morgan fingerprint density at radius 1 is 1.18 bits per heavy atom. The van der Waals surface area contributed by atoms with Gasteiger partial charge in [0.25, 0.3) is 5.91 Å². The molecule has 0 aliphatic carbocycles. The fraction of sp³-hybridized carbons (Fsp3) is 0. The van der Waals surface area contributed by atoms with Gasteiger partial charge in [-0.05, 0) is 18.2 Å². The Bertz CT molecular complexity index is 498. The highest BCUT2D eigenvalue weighted by molar-refractivity contribution is 6.01. The summed E-state index contributed by atoms with van der Waals surface area (Å²) >= 11 is 0. The van der Waals surface area contributed by atoms with Crippen molar-refractivity contribution in [3.63, 3.8) is 0 Å². The fourth-order valence-electron chi connectivity index (χ4n) is 1.14. The first-order valence-electron chi connectivity index (χ1n) is 4.80. The summed E-state index contributed by atoms with van der Waals surface area (Å²) in [7, 11) is 0. The van der Waals surface area contributed by atoms with Gasteiger partial charge >= 0.3 is 0 Å². The number of hydrogen-bond acceptors (Lipinski definition) is 6. The number of aromatic nitrogens is 3. The molecule has 0 atom stereocenters. The third-order valence-corrected chi connectivity index (χ3v) is 1.95. The summed E-state index contributed by atoms with van der Waals surface area (Å²) in [5.74, 6) is 5.05. The van der Waals surface area contributed by atoms with E-state index in [4.69, 9.17) is 5.84 Å². The van der Waals surface area contributed by atoms with Crippen molar-refractivity contribution in [2.75, 3.05) is 10.7 Å². The number of carbonyl (C=O) groups excluding carboxylic acids is 1. The number of carbonyl (C=O) groups is 1. The van der Waals surface area contributed by atoms with Gasteiger partial charge in [-0.25, -0.2) is 15.0 Å². The molecule has 2 aromatic rings. The predicted octanol–water partition coefficient (Wildman–Crippen LogP) is 0.409. The van der Waals surface area contributed by atoms with E-state index in [1.807, 2.05) is 0 Å². The van der Waals surface area contributed by atoms with Gasteiger partial charge in [0.05, 0.1) is 11.9 Å². The minimum Gasteiger partial charge on any atom is -0.323 e. The zero-order chi connectivity index (χ0) is 12.1. The normalized spacial score (nSPS) is 9.71. The first-order chi connectivity index (χ1) is 8.29. The third kappa shape index (κ3) is 2.73. The molecule has 0 aliphatic heterocycles. The Labute approximate surface area is 97.1 Å². The predicted molar refractivity (Wildman–Crippen MR) is 62.0 cm³/mol. The Kier molecular flexibility index (Phi) is 3.22. The van der Waals surface area contributed by atoms with Crippen LogP contribution in [-0.4, -0.2) is 20.9 Å². The van der Waals surface area contributed by atoms with E-state index < -0.39 is 0 Å². The van der Waals surface area contributed by atoms with Crippen LogP contribution in [0.15, 0.2) is 36.8 Å². The maximum absolute atomic E-state index is 11.7. The second-order valence-electron chi connectivity index (χ2n) is 3.10. The third-order valence-electron chi connectivity index (χ3n) is 1.95. The molecule has 0 aromatic carbocycles. The SMILES string of the molecule is NNc1ccc(C(=O)Nc2ncccn2)nc1. The molecular weight excluding hydrogens is 220 g/mol. The van der Waals surface area contributed by atoms with Crippen LogP contribution in [0, 0.1) is 0 Å². The van der Waals surface area contributed by atoms with Crippen molar-refractivity contribution in [1.82, 2.24) is 15.0 Å². The lowest BCUT2D eigenvalue weighted by Gasteiger charge is -2.03. The molecule has 7 heteroatoms. The summed E-state index contributed by atoms with van der Waals surface area (Å²) < 4.78 is 0. The summed E-state index contributed by atoms with van der Waals surface area (Å²) in [5.41, 5.74) is 3.31. The molecular formula is C10H10N6O. The number of nitrogens with zero attached hydrogens (tertiary/aromatic N) is 3. The van der Waals surface area contributed by atoms with Crippen molar-refractivity contribution in [2.24, 2.45) is 5.84 Å². The Morgan fingerprint density at radius 2 is 1.94 bits per heavy atom. The maximum atomic E-state index is 11.7. The van der Waals surface area contributed by atoms with Gasteiger partial charge in [-0.2, -0.15) is 0 Å². The van der Waals surface area contributed by atoms with Crippen molar-refractivity contribution in [3.05, 3.63) is 42.5 Å². The van der Waals surface area contributed by atoms with E-state index in [0.717, 1.165) is 0 Å². The minimum absolute atomic E-state index is 0.236. The number of hydrazine groups is 1. The summed E-state index contributed by atoms with van der Waals surface area (Å²) in [6.45, 7) is 0. The van der Waals surface area contributed by atoms with Gasteiger partial charge in [-0.3, -0.25) is 16.0 Å². The lowest BCUT2D eigenvalue weighted by atomic mass is 10.3. The van der Waals surface area contributed by atoms with Crippen molar-refractivity contribution >= 4 is 17.5 Å². The monoisotopic (exact) mass is 230 g/mol. The van der Waals surface area contributed by atoms with Crippen LogP contribution in [-0.2, 0) is 0 Å². The quantitative estimate of drug-likeness (QED) is 0.521. The molecule has 7 nitrogen and oxygen atoms in total. The molecule has 17 heavy (non-hydrogen) atoms. The van der Waals surface area contributed by atoms with Crippen LogP contribution >= 0.6 is 0 Å². The smallest absolute Gasteiger partial charge is 0.276 e. The highest BCUT2D eigenvalue weighted by atomic mass is 16.2. The number of nitrogens with one attached hydrogen (secondary N) is 2. The Morgan fingerprint density at radius 3 is 2.53 bits per heavy atom. The van der Waals surface area contributed by atoms with Crippen LogP contribution in [0.2, 0.25) is 0 Å². The highest BCUT2D eigenvalue weighted by Gasteiger charge is 2.08. The number of nitrogen functional groups attached to an aromatic ring is 1. The summed E-state index contributed by atoms with van der Waals surface area (Å²) in [4.78, 5) is 23.4. The average Bonchev–Trinajstić information content (AvgIpc) is 2.40. The summed E-state index contributed by atoms with van der Waals surface area (Å²) in [6.07, 6.45) is 4.54. The van der Waals surface area contributed by atoms with Gasteiger partial charge in [-0.15, -0.1) is 0 Å². The van der Waals surface area contributed by atoms with Crippen LogP contribution in [0.4, 0.5) is 11.6 Å². The lowest BCUT2D eigenvalue weighted by Crippen LogP contribution is -2.16. The van der Waals surface area contributed by atoms with E-state index in [1.165, 1.54) is 18.6 Å². The number of rotatable bonds is 3. The van der Waals surface area contributed by atoms with Crippen LogP contribution < -0.4 is 16.6 Å². The molecule has 0 saturated carbocycles. The first kappa shape index (κ1) is 11.0. The van der Waals surface area contributed by atoms with Crippen molar-refractivity contribution < 1.29 is 4.79 Å². The molecule has 2 heterocycles.